The fourth-order valence-electron chi connectivity index (χ4n) is 1.27. The number of allylic oxidation sites excluding steroid dienone is 3. The van der Waals surface area contributed by atoms with Crippen LogP contribution in [-0.4, -0.2) is 22.6 Å². The van der Waals surface area contributed by atoms with E-state index in [1.165, 1.54) is 24.3 Å². The number of carboxylic acid groups (broad SMARTS) is 1. The van der Waals surface area contributed by atoms with Gasteiger partial charge in [0.2, 0.25) is 0 Å². The largest absolute Gasteiger partial charge is 0.478 e. The van der Waals surface area contributed by atoms with Crippen molar-refractivity contribution >= 4 is 17.7 Å². The van der Waals surface area contributed by atoms with E-state index in [1.54, 1.807) is 6.08 Å². The van der Waals surface area contributed by atoms with Crippen LogP contribution in [0.25, 0.3) is 0 Å². The molecule has 1 saturated heterocycles. The Balaban J connectivity index is 2.25. The van der Waals surface area contributed by atoms with E-state index in [4.69, 9.17) is 5.11 Å². The molecular formula is C10H14O2S. The maximum Gasteiger partial charge on any atom is 0.328 e. The number of carboxylic acids is 1. The lowest BCUT2D eigenvalue weighted by molar-refractivity contribution is -0.131. The Morgan fingerprint density at radius 2 is 2.00 bits per heavy atom. The van der Waals surface area contributed by atoms with Crippen molar-refractivity contribution in [2.75, 3.05) is 11.5 Å². The summed E-state index contributed by atoms with van der Waals surface area (Å²) in [5.41, 5.74) is 0. The van der Waals surface area contributed by atoms with E-state index in [1.807, 2.05) is 17.8 Å². The molecule has 1 N–H and O–H groups in total. The Morgan fingerprint density at radius 3 is 2.62 bits per heavy atom. The highest BCUT2D eigenvalue weighted by atomic mass is 32.2. The molecule has 0 aromatic heterocycles. The predicted octanol–water partition coefficient (Wildman–Crippen LogP) is 2.33. The summed E-state index contributed by atoms with van der Waals surface area (Å²) in [5.74, 6) is 2.23. The van der Waals surface area contributed by atoms with Crippen LogP contribution in [-0.2, 0) is 4.79 Å². The average Bonchev–Trinajstić information content (AvgIpc) is 2.14. The van der Waals surface area contributed by atoms with Gasteiger partial charge in [0.15, 0.2) is 0 Å². The predicted molar refractivity (Wildman–Crippen MR) is 56.0 cm³/mol. The minimum Gasteiger partial charge on any atom is -0.478 e. The van der Waals surface area contributed by atoms with Gasteiger partial charge in [-0.2, -0.15) is 11.8 Å². The number of hydrogen-bond donors (Lipinski definition) is 1. The van der Waals surface area contributed by atoms with Gasteiger partial charge in [0, 0.05) is 6.08 Å². The van der Waals surface area contributed by atoms with Crippen molar-refractivity contribution in [3.8, 4) is 0 Å². The molecule has 1 rings (SSSR count). The van der Waals surface area contributed by atoms with Gasteiger partial charge in [-0.1, -0.05) is 18.2 Å². The molecule has 2 nitrogen and oxygen atoms in total. The minimum absolute atomic E-state index is 0.652. The van der Waals surface area contributed by atoms with Crippen LogP contribution >= 0.6 is 11.8 Å². The molecule has 0 aromatic rings. The van der Waals surface area contributed by atoms with Gasteiger partial charge in [-0.3, -0.25) is 0 Å². The summed E-state index contributed by atoms with van der Waals surface area (Å²) in [5, 5.41) is 8.33. The molecule has 1 aliphatic rings. The Morgan fingerprint density at radius 1 is 1.31 bits per heavy atom. The third-order valence-corrected chi connectivity index (χ3v) is 3.05. The summed E-state index contributed by atoms with van der Waals surface area (Å²) < 4.78 is 0. The molecule has 0 aromatic carbocycles. The van der Waals surface area contributed by atoms with Crippen LogP contribution in [0.4, 0.5) is 0 Å². The van der Waals surface area contributed by atoms with Crippen molar-refractivity contribution in [1.29, 1.82) is 0 Å². The zero-order chi connectivity index (χ0) is 9.52. The molecule has 0 unspecified atom stereocenters. The normalized spacial score (nSPS) is 20.0. The van der Waals surface area contributed by atoms with Crippen LogP contribution in [0.1, 0.15) is 12.8 Å². The average molecular weight is 198 g/mol. The topological polar surface area (TPSA) is 37.3 Å². The van der Waals surface area contributed by atoms with Crippen molar-refractivity contribution in [2.45, 2.75) is 12.8 Å². The van der Waals surface area contributed by atoms with Crippen LogP contribution < -0.4 is 0 Å². The Kier molecular flexibility index (Phi) is 4.68. The molecule has 1 fully saturated rings. The van der Waals surface area contributed by atoms with Crippen LogP contribution in [0.15, 0.2) is 24.3 Å². The third kappa shape index (κ3) is 4.78. The molecule has 0 aliphatic carbocycles. The molecule has 1 aliphatic heterocycles. The highest BCUT2D eigenvalue weighted by molar-refractivity contribution is 7.99. The molecule has 0 amide bonds. The number of carbonyl (C=O) groups is 1. The molecule has 0 spiro atoms. The molecule has 0 saturated carbocycles. The number of thioether (sulfide) groups is 1. The van der Waals surface area contributed by atoms with Gasteiger partial charge in [-0.25, -0.2) is 4.79 Å². The summed E-state index contributed by atoms with van der Waals surface area (Å²) in [6.07, 6.45) is 9.15. The number of rotatable bonds is 3. The lowest BCUT2D eigenvalue weighted by Gasteiger charge is -2.17. The minimum atomic E-state index is -0.885. The fraction of sp³-hybridized carbons (Fsp3) is 0.500. The summed E-state index contributed by atoms with van der Waals surface area (Å²) >= 11 is 2.00. The summed E-state index contributed by atoms with van der Waals surface area (Å²) in [6, 6.07) is 0. The van der Waals surface area contributed by atoms with E-state index in [2.05, 4.69) is 6.08 Å². The first-order valence-corrected chi connectivity index (χ1v) is 5.60. The smallest absolute Gasteiger partial charge is 0.328 e. The highest BCUT2D eigenvalue weighted by Gasteiger charge is 2.09. The summed E-state index contributed by atoms with van der Waals surface area (Å²) in [6.45, 7) is 0. The monoisotopic (exact) mass is 198 g/mol. The lowest BCUT2D eigenvalue weighted by atomic mass is 10.0. The maximum absolute atomic E-state index is 10.1. The third-order valence-electron chi connectivity index (χ3n) is 2.00. The van der Waals surface area contributed by atoms with E-state index in [-0.39, 0.29) is 0 Å². The van der Waals surface area contributed by atoms with Gasteiger partial charge in [0.25, 0.3) is 0 Å². The first-order valence-electron chi connectivity index (χ1n) is 4.44. The Bertz CT molecular complexity index is 215. The van der Waals surface area contributed by atoms with Gasteiger partial charge in [0.1, 0.15) is 0 Å². The number of hydrogen-bond acceptors (Lipinski definition) is 2. The molecule has 72 valence electrons. The molecule has 0 bridgehead atoms. The highest BCUT2D eigenvalue weighted by Crippen LogP contribution is 2.23. The van der Waals surface area contributed by atoms with Crippen LogP contribution in [0.3, 0.4) is 0 Å². The van der Waals surface area contributed by atoms with E-state index in [0.717, 1.165) is 6.08 Å². The second kappa shape index (κ2) is 5.86. The van der Waals surface area contributed by atoms with Gasteiger partial charge >= 0.3 is 5.97 Å². The van der Waals surface area contributed by atoms with Crippen molar-refractivity contribution in [3.05, 3.63) is 24.3 Å². The van der Waals surface area contributed by atoms with Crippen LogP contribution in [0, 0.1) is 5.92 Å². The van der Waals surface area contributed by atoms with Crippen molar-refractivity contribution in [3.63, 3.8) is 0 Å². The zero-order valence-electron chi connectivity index (χ0n) is 7.48. The van der Waals surface area contributed by atoms with E-state index in [0.29, 0.717) is 5.92 Å². The molecular weight excluding hydrogens is 184 g/mol. The van der Waals surface area contributed by atoms with Crippen molar-refractivity contribution in [1.82, 2.24) is 0 Å². The van der Waals surface area contributed by atoms with Crippen LogP contribution in [0.5, 0.6) is 0 Å². The standard InChI is InChI=1S/C10H14O2S/c11-10(12)4-2-1-3-9-5-7-13-8-6-9/h1-4,9H,5-8H2,(H,11,12)/b3-1+,4-2-. The molecule has 13 heavy (non-hydrogen) atoms. The first kappa shape index (κ1) is 10.4. The fourth-order valence-corrected chi connectivity index (χ4v) is 2.41. The van der Waals surface area contributed by atoms with Gasteiger partial charge in [-0.15, -0.1) is 0 Å². The van der Waals surface area contributed by atoms with Gasteiger partial charge in [0.05, 0.1) is 0 Å². The maximum atomic E-state index is 10.1. The molecule has 0 atom stereocenters. The van der Waals surface area contributed by atoms with Crippen molar-refractivity contribution in [2.24, 2.45) is 5.92 Å². The Hall–Kier alpha value is -0.700. The zero-order valence-corrected chi connectivity index (χ0v) is 8.30. The van der Waals surface area contributed by atoms with Gasteiger partial charge in [-0.05, 0) is 30.3 Å². The van der Waals surface area contributed by atoms with Gasteiger partial charge < -0.3 is 5.11 Å². The second-order valence-corrected chi connectivity index (χ2v) is 4.26. The Labute approximate surface area is 82.7 Å². The van der Waals surface area contributed by atoms with Crippen molar-refractivity contribution < 1.29 is 9.90 Å². The molecule has 3 heteroatoms. The first-order chi connectivity index (χ1) is 6.29. The molecule has 0 radical (unpaired) electrons. The quantitative estimate of drug-likeness (QED) is 0.558. The number of aliphatic carboxylic acids is 1. The van der Waals surface area contributed by atoms with E-state index in [9.17, 15) is 4.79 Å². The lowest BCUT2D eigenvalue weighted by Crippen LogP contribution is -2.06. The van der Waals surface area contributed by atoms with E-state index < -0.39 is 5.97 Å². The SMILES string of the molecule is O=C(O)/C=C\C=C\C1CCSCC1. The van der Waals surface area contributed by atoms with E-state index >= 15 is 0 Å². The molecule has 1 heterocycles. The van der Waals surface area contributed by atoms with Crippen LogP contribution in [0.2, 0.25) is 0 Å². The summed E-state index contributed by atoms with van der Waals surface area (Å²) in [4.78, 5) is 10.1. The second-order valence-electron chi connectivity index (χ2n) is 3.03. The summed E-state index contributed by atoms with van der Waals surface area (Å²) in [7, 11) is 0.